The van der Waals surface area contributed by atoms with Crippen molar-refractivity contribution in [1.29, 1.82) is 0 Å². The fourth-order valence-corrected chi connectivity index (χ4v) is 1.63. The summed E-state index contributed by atoms with van der Waals surface area (Å²) < 4.78 is 31.6. The molecule has 0 aliphatic rings. The van der Waals surface area contributed by atoms with Crippen LogP contribution in [0.15, 0.2) is 28.9 Å². The van der Waals surface area contributed by atoms with Gasteiger partial charge in [-0.3, -0.25) is 10.1 Å². The number of hydrogen-bond donors (Lipinski definition) is 1. The Labute approximate surface area is 107 Å². The maximum Gasteiger partial charge on any atom is 0.298 e. The number of nitrogens with one attached hydrogen (secondary N) is 1. The van der Waals surface area contributed by atoms with Crippen molar-refractivity contribution in [3.05, 3.63) is 57.5 Å². The van der Waals surface area contributed by atoms with Crippen LogP contribution in [0.2, 0.25) is 0 Å². The first-order valence-corrected chi connectivity index (χ1v) is 5.39. The first-order chi connectivity index (χ1) is 8.99. The quantitative estimate of drug-likeness (QED) is 0.681. The fraction of sp³-hybridized carbons (Fsp3) is 0.167. The van der Waals surface area contributed by atoms with Crippen molar-refractivity contribution in [3.63, 3.8) is 0 Å². The van der Waals surface area contributed by atoms with E-state index < -0.39 is 22.2 Å². The summed E-state index contributed by atoms with van der Waals surface area (Å²) in [4.78, 5) is 9.92. The Morgan fingerprint density at radius 3 is 2.74 bits per heavy atom. The Hall–Kier alpha value is -2.44. The second-order valence-electron chi connectivity index (χ2n) is 3.92. The van der Waals surface area contributed by atoms with Gasteiger partial charge in [0.25, 0.3) is 5.69 Å². The molecule has 1 aromatic carbocycles. The van der Waals surface area contributed by atoms with Crippen LogP contribution in [0.25, 0.3) is 0 Å². The third-order valence-electron chi connectivity index (χ3n) is 2.62. The van der Waals surface area contributed by atoms with E-state index in [9.17, 15) is 18.9 Å². The molecule has 0 radical (unpaired) electrons. The van der Waals surface area contributed by atoms with Crippen molar-refractivity contribution in [2.75, 3.05) is 5.32 Å². The Kier molecular flexibility index (Phi) is 3.46. The lowest BCUT2D eigenvalue weighted by molar-refractivity contribution is -0.384. The highest BCUT2D eigenvalue weighted by atomic mass is 19.1. The highest BCUT2D eigenvalue weighted by Crippen LogP contribution is 2.29. The molecule has 5 nitrogen and oxygen atoms in total. The van der Waals surface area contributed by atoms with E-state index in [-0.39, 0.29) is 12.2 Å². The number of anilines is 1. The topological polar surface area (TPSA) is 68.3 Å². The second-order valence-corrected chi connectivity index (χ2v) is 3.92. The van der Waals surface area contributed by atoms with Crippen LogP contribution < -0.4 is 5.32 Å². The summed E-state index contributed by atoms with van der Waals surface area (Å²) >= 11 is 0. The minimum Gasteiger partial charge on any atom is -0.467 e. The number of rotatable bonds is 4. The Morgan fingerprint density at radius 1 is 1.42 bits per heavy atom. The Bertz CT molecular complexity index is 625. The number of nitro benzene ring substituents is 1. The van der Waals surface area contributed by atoms with E-state index in [2.05, 4.69) is 5.32 Å². The third-order valence-corrected chi connectivity index (χ3v) is 2.62. The molecule has 0 spiro atoms. The number of aryl methyl sites for hydroxylation is 1. The van der Waals surface area contributed by atoms with Crippen molar-refractivity contribution in [1.82, 2.24) is 0 Å². The van der Waals surface area contributed by atoms with Crippen LogP contribution in [0.1, 0.15) is 11.3 Å². The predicted octanol–water partition coefficient (Wildman–Crippen LogP) is 3.39. The van der Waals surface area contributed by atoms with Gasteiger partial charge in [0, 0.05) is 6.07 Å². The summed E-state index contributed by atoms with van der Waals surface area (Å²) in [6.07, 6.45) is 1.46. The molecule has 0 aliphatic heterocycles. The third kappa shape index (κ3) is 2.70. The van der Waals surface area contributed by atoms with E-state index in [0.717, 1.165) is 5.56 Å². The van der Waals surface area contributed by atoms with Crippen LogP contribution in [0.5, 0.6) is 0 Å². The molecule has 7 heteroatoms. The van der Waals surface area contributed by atoms with Crippen molar-refractivity contribution >= 4 is 11.4 Å². The molecule has 1 aromatic heterocycles. The molecule has 1 N–H and O–H groups in total. The molecule has 0 aliphatic carbocycles. The van der Waals surface area contributed by atoms with Crippen LogP contribution in [-0.2, 0) is 6.54 Å². The SMILES string of the molecule is Cc1ccoc1CNc1c(F)cc(F)cc1[N+](=O)[O-]. The first kappa shape index (κ1) is 13.0. The minimum atomic E-state index is -1.02. The highest BCUT2D eigenvalue weighted by Gasteiger charge is 2.20. The smallest absolute Gasteiger partial charge is 0.298 e. The van der Waals surface area contributed by atoms with Crippen LogP contribution in [0.3, 0.4) is 0 Å². The molecule has 0 amide bonds. The Balaban J connectivity index is 2.29. The van der Waals surface area contributed by atoms with Crippen LogP contribution >= 0.6 is 0 Å². The molecule has 0 bridgehead atoms. The number of nitrogens with zero attached hydrogens (tertiary/aromatic N) is 1. The number of benzene rings is 1. The minimum absolute atomic E-state index is 0.0717. The van der Waals surface area contributed by atoms with Crippen LogP contribution in [0.4, 0.5) is 20.2 Å². The predicted molar refractivity (Wildman–Crippen MR) is 63.8 cm³/mol. The molecular formula is C12H10F2N2O3. The largest absolute Gasteiger partial charge is 0.467 e. The molecule has 0 saturated carbocycles. The molecule has 0 atom stereocenters. The zero-order valence-electron chi connectivity index (χ0n) is 9.94. The molecular weight excluding hydrogens is 258 g/mol. The van der Waals surface area contributed by atoms with E-state index >= 15 is 0 Å². The summed E-state index contributed by atoms with van der Waals surface area (Å²) in [6, 6.07) is 2.97. The van der Waals surface area contributed by atoms with Gasteiger partial charge < -0.3 is 9.73 Å². The normalized spacial score (nSPS) is 10.5. The Morgan fingerprint density at radius 2 is 2.16 bits per heavy atom. The zero-order valence-corrected chi connectivity index (χ0v) is 9.94. The summed E-state index contributed by atoms with van der Waals surface area (Å²) in [5, 5.41) is 13.3. The van der Waals surface area contributed by atoms with E-state index in [1.54, 1.807) is 13.0 Å². The van der Waals surface area contributed by atoms with Crippen molar-refractivity contribution in [2.24, 2.45) is 0 Å². The van der Waals surface area contributed by atoms with Gasteiger partial charge in [-0.15, -0.1) is 0 Å². The molecule has 0 saturated heterocycles. The highest BCUT2D eigenvalue weighted by molar-refractivity contribution is 5.62. The molecule has 0 fully saturated rings. The molecule has 2 rings (SSSR count). The molecule has 2 aromatic rings. The summed E-state index contributed by atoms with van der Waals surface area (Å²) in [6.45, 7) is 1.86. The maximum atomic E-state index is 13.6. The van der Waals surface area contributed by atoms with Gasteiger partial charge in [-0.25, -0.2) is 8.78 Å². The second kappa shape index (κ2) is 5.05. The molecule has 100 valence electrons. The monoisotopic (exact) mass is 268 g/mol. The van der Waals surface area contributed by atoms with Gasteiger partial charge in [0.15, 0.2) is 5.82 Å². The number of halogens is 2. The lowest BCUT2D eigenvalue weighted by Gasteiger charge is -2.07. The standard InChI is InChI=1S/C12H10F2N2O3/c1-7-2-3-19-11(7)6-15-12-9(14)4-8(13)5-10(12)16(17)18/h2-5,15H,6H2,1H3. The summed E-state index contributed by atoms with van der Waals surface area (Å²) in [5.74, 6) is -1.49. The number of nitro groups is 1. The van der Waals surface area contributed by atoms with Gasteiger partial charge in [-0.05, 0) is 18.6 Å². The number of furan rings is 1. The summed E-state index contributed by atoms with van der Waals surface area (Å²) in [7, 11) is 0. The average molecular weight is 268 g/mol. The van der Waals surface area contributed by atoms with Crippen LogP contribution in [-0.4, -0.2) is 4.92 Å². The van der Waals surface area contributed by atoms with E-state index in [1.165, 1.54) is 6.26 Å². The molecule has 19 heavy (non-hydrogen) atoms. The first-order valence-electron chi connectivity index (χ1n) is 5.39. The van der Waals surface area contributed by atoms with E-state index in [1.807, 2.05) is 0 Å². The van der Waals surface area contributed by atoms with Crippen molar-refractivity contribution in [2.45, 2.75) is 13.5 Å². The lowest BCUT2D eigenvalue weighted by atomic mass is 10.2. The maximum absolute atomic E-state index is 13.6. The zero-order chi connectivity index (χ0) is 14.0. The van der Waals surface area contributed by atoms with Crippen LogP contribution in [0, 0.1) is 28.7 Å². The fourth-order valence-electron chi connectivity index (χ4n) is 1.63. The van der Waals surface area contributed by atoms with Crippen molar-refractivity contribution in [3.8, 4) is 0 Å². The van der Waals surface area contributed by atoms with Gasteiger partial charge in [0.2, 0.25) is 0 Å². The average Bonchev–Trinajstić information content (AvgIpc) is 2.73. The van der Waals surface area contributed by atoms with E-state index in [0.29, 0.717) is 17.9 Å². The lowest BCUT2D eigenvalue weighted by Crippen LogP contribution is -2.05. The van der Waals surface area contributed by atoms with Gasteiger partial charge >= 0.3 is 0 Å². The molecule has 0 unspecified atom stereocenters. The van der Waals surface area contributed by atoms with Gasteiger partial charge in [-0.2, -0.15) is 0 Å². The molecule has 1 heterocycles. The van der Waals surface area contributed by atoms with E-state index in [4.69, 9.17) is 4.42 Å². The van der Waals surface area contributed by atoms with Gasteiger partial charge in [0.05, 0.1) is 23.8 Å². The van der Waals surface area contributed by atoms with Gasteiger partial charge in [-0.1, -0.05) is 0 Å². The van der Waals surface area contributed by atoms with Crippen molar-refractivity contribution < 1.29 is 18.1 Å². The van der Waals surface area contributed by atoms with Gasteiger partial charge in [0.1, 0.15) is 17.3 Å². The summed E-state index contributed by atoms with van der Waals surface area (Å²) in [5.41, 5.74) is -0.179. The number of hydrogen-bond acceptors (Lipinski definition) is 4.